The zero-order valence-corrected chi connectivity index (χ0v) is 33.2. The highest BCUT2D eigenvalue weighted by atomic mass is 28.4. The molecule has 0 aliphatic carbocycles. The smallest absolute Gasteiger partial charge is 0.463 e. The Labute approximate surface area is 297 Å². The monoisotopic (exact) mass is 717 g/mol. The third-order valence-electron chi connectivity index (χ3n) is 8.85. The first-order valence-corrected chi connectivity index (χ1v) is 19.6. The van der Waals surface area contributed by atoms with E-state index in [1.165, 1.54) is 25.7 Å². The number of alkyl carbamates (subject to hydrolysis) is 1. The molecule has 1 aliphatic heterocycles. The van der Waals surface area contributed by atoms with E-state index in [4.69, 9.17) is 32.3 Å². The second-order valence-electron chi connectivity index (χ2n) is 14.6. The van der Waals surface area contributed by atoms with E-state index >= 15 is 0 Å². The summed E-state index contributed by atoms with van der Waals surface area (Å²) < 4.78 is 33.1. The molecule has 1 N–H and O–H groups in total. The molecule has 14 heteroatoms. The average molecular weight is 718 g/mol. The number of piperidine rings is 1. The van der Waals surface area contributed by atoms with Crippen LogP contribution in [0.5, 0.6) is 0 Å². The Hall–Kier alpha value is -2.07. The van der Waals surface area contributed by atoms with Gasteiger partial charge in [-0.2, -0.15) is 5.06 Å². The topological polar surface area (TPSA) is 134 Å². The molecule has 13 nitrogen and oxygen atoms in total. The maximum Gasteiger partial charge on any atom is 0.500 e. The van der Waals surface area contributed by atoms with E-state index in [-0.39, 0.29) is 36.8 Å². The number of hydrogen-bond donors (Lipinski definition) is 1. The molecule has 1 aliphatic rings. The van der Waals surface area contributed by atoms with E-state index in [0.29, 0.717) is 38.6 Å². The molecule has 1 heterocycles. The highest BCUT2D eigenvalue weighted by molar-refractivity contribution is 6.60. The first-order chi connectivity index (χ1) is 23.0. The maximum absolute atomic E-state index is 13.2. The van der Waals surface area contributed by atoms with Crippen molar-refractivity contribution in [2.24, 2.45) is 0 Å². The molecular formula is C35H67N3O10Si. The first-order valence-electron chi connectivity index (χ1n) is 17.7. The van der Waals surface area contributed by atoms with Crippen molar-refractivity contribution in [1.29, 1.82) is 0 Å². The summed E-state index contributed by atoms with van der Waals surface area (Å²) in [5, 5.41) is 4.85. The summed E-state index contributed by atoms with van der Waals surface area (Å²) in [7, 11) is 4.00. The SMILES string of the molecule is C=CC(=O)OCC(C)(COC(=O)CCN(C)CCC[Si](OC)(OC)OC)NC(=O)OC1CC(C)(C)N(OCCCCCCCC)C(C)(C)C1. The van der Waals surface area contributed by atoms with Gasteiger partial charge in [-0.05, 0) is 61.1 Å². The van der Waals surface area contributed by atoms with Crippen LogP contribution in [0.4, 0.5) is 4.79 Å². The number of rotatable bonds is 25. The van der Waals surface area contributed by atoms with Gasteiger partial charge in [0.15, 0.2) is 0 Å². The predicted octanol–water partition coefficient (Wildman–Crippen LogP) is 5.65. The van der Waals surface area contributed by atoms with Crippen molar-refractivity contribution in [1.82, 2.24) is 15.3 Å². The normalized spacial score (nSPS) is 17.7. The molecule has 0 saturated carbocycles. The van der Waals surface area contributed by atoms with Crippen LogP contribution in [0.15, 0.2) is 12.7 Å². The Morgan fingerprint density at radius 1 is 0.918 bits per heavy atom. The summed E-state index contributed by atoms with van der Waals surface area (Å²) in [5.74, 6) is -1.11. The number of unbranched alkanes of at least 4 members (excludes halogenated alkanes) is 5. The van der Waals surface area contributed by atoms with E-state index in [0.717, 1.165) is 25.3 Å². The third-order valence-corrected chi connectivity index (χ3v) is 11.7. The van der Waals surface area contributed by atoms with Crippen molar-refractivity contribution < 1.29 is 46.7 Å². The van der Waals surface area contributed by atoms with Gasteiger partial charge in [-0.3, -0.25) is 9.63 Å². The minimum Gasteiger partial charge on any atom is -0.463 e. The van der Waals surface area contributed by atoms with Gasteiger partial charge in [-0.25, -0.2) is 9.59 Å². The van der Waals surface area contributed by atoms with Crippen LogP contribution >= 0.6 is 0 Å². The number of hydroxylamine groups is 2. The summed E-state index contributed by atoms with van der Waals surface area (Å²) in [6, 6.07) is 0.649. The molecule has 1 unspecified atom stereocenters. The molecule has 286 valence electrons. The van der Waals surface area contributed by atoms with E-state index in [9.17, 15) is 14.4 Å². The van der Waals surface area contributed by atoms with E-state index in [2.05, 4.69) is 51.6 Å². The molecule has 0 bridgehead atoms. The van der Waals surface area contributed by atoms with Gasteiger partial charge in [0.1, 0.15) is 24.9 Å². The van der Waals surface area contributed by atoms with Gasteiger partial charge in [0.2, 0.25) is 0 Å². The zero-order chi connectivity index (χ0) is 37.1. The van der Waals surface area contributed by atoms with Crippen LogP contribution in [0, 0.1) is 0 Å². The van der Waals surface area contributed by atoms with Crippen LogP contribution in [0.25, 0.3) is 0 Å². The number of amides is 1. The highest BCUT2D eigenvalue weighted by Crippen LogP contribution is 2.40. The Morgan fingerprint density at radius 3 is 2.06 bits per heavy atom. The van der Waals surface area contributed by atoms with Crippen molar-refractivity contribution in [2.75, 3.05) is 61.3 Å². The molecule has 0 aromatic heterocycles. The lowest BCUT2D eigenvalue weighted by molar-refractivity contribution is -0.292. The Bertz CT molecular complexity index is 984. The van der Waals surface area contributed by atoms with Gasteiger partial charge >= 0.3 is 26.8 Å². The van der Waals surface area contributed by atoms with Gasteiger partial charge in [0.25, 0.3) is 0 Å². The molecule has 1 atom stereocenters. The Kier molecular flexibility index (Phi) is 20.2. The molecule has 0 aromatic rings. The lowest BCUT2D eigenvalue weighted by Gasteiger charge is -2.53. The molecule has 0 aromatic carbocycles. The van der Waals surface area contributed by atoms with Crippen molar-refractivity contribution in [3.8, 4) is 0 Å². The van der Waals surface area contributed by atoms with E-state index < -0.39 is 32.4 Å². The van der Waals surface area contributed by atoms with Gasteiger partial charge < -0.3 is 37.7 Å². The van der Waals surface area contributed by atoms with Crippen LogP contribution in [0.1, 0.15) is 106 Å². The van der Waals surface area contributed by atoms with Crippen LogP contribution in [-0.2, 0) is 41.9 Å². The first kappa shape index (κ1) is 44.9. The molecule has 1 amide bonds. The molecule has 0 spiro atoms. The van der Waals surface area contributed by atoms with Gasteiger partial charge in [0.05, 0.1) is 13.0 Å². The highest BCUT2D eigenvalue weighted by Gasteiger charge is 2.48. The van der Waals surface area contributed by atoms with Crippen molar-refractivity contribution in [3.05, 3.63) is 12.7 Å². The summed E-state index contributed by atoms with van der Waals surface area (Å²) in [6.07, 6.45) is 9.13. The Morgan fingerprint density at radius 2 is 1.49 bits per heavy atom. The van der Waals surface area contributed by atoms with Crippen LogP contribution in [0.2, 0.25) is 6.04 Å². The van der Waals surface area contributed by atoms with E-state index in [1.807, 2.05) is 11.9 Å². The summed E-state index contributed by atoms with van der Waals surface area (Å²) in [6.45, 7) is 17.0. The summed E-state index contributed by atoms with van der Waals surface area (Å²) >= 11 is 0. The minimum atomic E-state index is -2.65. The zero-order valence-electron chi connectivity index (χ0n) is 32.2. The number of hydrogen-bond acceptors (Lipinski definition) is 12. The minimum absolute atomic E-state index is 0.133. The number of carbonyl (C=O) groups excluding carboxylic acids is 3. The van der Waals surface area contributed by atoms with Gasteiger partial charge in [-0.15, -0.1) is 0 Å². The standard InChI is InChI=1S/C35H67N3O10Si/c1-12-14-15-16-17-18-23-47-38-33(3,4)25-29(26-34(38,5)6)48-32(41)36-35(7,27-45-30(39)13-2)28-46-31(40)20-22-37(8)21-19-24-49(42-9,43-10)44-11/h13,29H,2,12,14-28H2,1,3-11H3,(H,36,41). The molecule has 1 saturated heterocycles. The lowest BCUT2D eigenvalue weighted by Crippen LogP contribution is -2.62. The lowest BCUT2D eigenvalue weighted by atomic mass is 9.80. The van der Waals surface area contributed by atoms with Crippen molar-refractivity contribution in [2.45, 2.75) is 135 Å². The third kappa shape index (κ3) is 16.7. The van der Waals surface area contributed by atoms with Crippen LogP contribution in [0.3, 0.4) is 0 Å². The van der Waals surface area contributed by atoms with Crippen LogP contribution < -0.4 is 5.32 Å². The predicted molar refractivity (Wildman–Crippen MR) is 191 cm³/mol. The molecule has 1 rings (SSSR count). The number of esters is 2. The quantitative estimate of drug-likeness (QED) is 0.0412. The average Bonchev–Trinajstić information content (AvgIpc) is 3.04. The Balaban J connectivity index is 2.71. The number of carbonyl (C=O) groups is 3. The maximum atomic E-state index is 13.2. The molecule has 0 radical (unpaired) electrons. The number of nitrogens with one attached hydrogen (secondary N) is 1. The molecule has 49 heavy (non-hydrogen) atoms. The second-order valence-corrected chi connectivity index (χ2v) is 17.7. The molecule has 1 fully saturated rings. The number of nitrogens with zero attached hydrogens (tertiary/aromatic N) is 2. The summed E-state index contributed by atoms with van der Waals surface area (Å²) in [4.78, 5) is 46.1. The van der Waals surface area contributed by atoms with Crippen LogP contribution in [-0.4, -0.2) is 121 Å². The van der Waals surface area contributed by atoms with Gasteiger partial charge in [0, 0.05) is 63.9 Å². The van der Waals surface area contributed by atoms with Crippen molar-refractivity contribution >= 4 is 26.8 Å². The second kappa shape index (κ2) is 22.0. The number of ether oxygens (including phenoxy) is 3. The fourth-order valence-electron chi connectivity index (χ4n) is 6.30. The largest absolute Gasteiger partial charge is 0.500 e. The van der Waals surface area contributed by atoms with E-state index in [1.54, 1.807) is 28.3 Å². The fraction of sp³-hybridized carbons (Fsp3) is 0.857. The van der Waals surface area contributed by atoms with Gasteiger partial charge in [-0.1, -0.05) is 45.6 Å². The fourth-order valence-corrected chi connectivity index (χ4v) is 8.00. The molecular weight excluding hydrogens is 650 g/mol. The van der Waals surface area contributed by atoms with Crippen molar-refractivity contribution in [3.63, 3.8) is 0 Å². The summed E-state index contributed by atoms with van der Waals surface area (Å²) in [5.41, 5.74) is -2.01.